The fourth-order valence-corrected chi connectivity index (χ4v) is 2.13. The first-order valence-corrected chi connectivity index (χ1v) is 6.93. The van der Waals surface area contributed by atoms with Gasteiger partial charge in [0.15, 0.2) is 0 Å². The second kappa shape index (κ2) is 6.37. The van der Waals surface area contributed by atoms with Crippen molar-refractivity contribution < 1.29 is 0 Å². The molecule has 100 valence electrons. The van der Waals surface area contributed by atoms with Gasteiger partial charge in [0, 0.05) is 11.9 Å². The number of aliphatic imine (C=N–C) groups is 1. The maximum Gasteiger partial charge on any atom is 0.125 e. The second-order valence-electron chi connectivity index (χ2n) is 5.38. The van der Waals surface area contributed by atoms with Crippen LogP contribution in [0.4, 0.5) is 0 Å². The first-order chi connectivity index (χ1) is 9.15. The molecule has 0 bridgehead atoms. The van der Waals surface area contributed by atoms with Crippen molar-refractivity contribution in [3.63, 3.8) is 0 Å². The summed E-state index contributed by atoms with van der Waals surface area (Å²) in [4.78, 5) is 4.32. The van der Waals surface area contributed by atoms with Crippen molar-refractivity contribution in [2.24, 2.45) is 10.9 Å². The third kappa shape index (κ3) is 4.09. The summed E-state index contributed by atoms with van der Waals surface area (Å²) < 4.78 is 0. The smallest absolute Gasteiger partial charge is 0.125 e. The van der Waals surface area contributed by atoms with Crippen LogP contribution >= 0.6 is 0 Å². The zero-order valence-corrected chi connectivity index (χ0v) is 11.8. The Bertz CT molecular complexity index is 492. The van der Waals surface area contributed by atoms with Crippen LogP contribution in [0, 0.1) is 5.92 Å². The zero-order chi connectivity index (χ0) is 13.7. The van der Waals surface area contributed by atoms with Gasteiger partial charge in [0.25, 0.3) is 0 Å². The number of hydrogen-bond donors (Lipinski definition) is 1. The summed E-state index contributed by atoms with van der Waals surface area (Å²) in [6, 6.07) is 8.61. The Kier molecular flexibility index (Phi) is 4.56. The summed E-state index contributed by atoms with van der Waals surface area (Å²) in [5.74, 6) is 1.59. The van der Waals surface area contributed by atoms with Crippen molar-refractivity contribution in [1.82, 2.24) is 5.32 Å². The lowest BCUT2D eigenvalue weighted by Crippen LogP contribution is -2.11. The van der Waals surface area contributed by atoms with E-state index in [9.17, 15) is 0 Å². The van der Waals surface area contributed by atoms with E-state index < -0.39 is 0 Å². The van der Waals surface area contributed by atoms with Crippen molar-refractivity contribution in [3.8, 4) is 0 Å². The van der Waals surface area contributed by atoms with Crippen LogP contribution in [0.2, 0.25) is 0 Å². The molecule has 1 heterocycles. The molecule has 1 aliphatic heterocycles. The third-order valence-electron chi connectivity index (χ3n) is 3.09. The summed E-state index contributed by atoms with van der Waals surface area (Å²) in [7, 11) is 0. The van der Waals surface area contributed by atoms with Gasteiger partial charge in [0.2, 0.25) is 0 Å². The molecule has 0 atom stereocenters. The van der Waals surface area contributed by atoms with Gasteiger partial charge in [-0.3, -0.25) is 0 Å². The van der Waals surface area contributed by atoms with E-state index in [-0.39, 0.29) is 0 Å². The molecule has 1 aromatic carbocycles. The molecule has 0 fully saturated rings. The van der Waals surface area contributed by atoms with Crippen molar-refractivity contribution >= 4 is 11.9 Å². The maximum atomic E-state index is 4.32. The monoisotopic (exact) mass is 254 g/mol. The lowest BCUT2D eigenvalue weighted by molar-refractivity contribution is 0.647. The van der Waals surface area contributed by atoms with E-state index in [1.165, 1.54) is 5.56 Å². The van der Waals surface area contributed by atoms with E-state index in [0.29, 0.717) is 5.92 Å². The van der Waals surface area contributed by atoms with Gasteiger partial charge in [0.05, 0.1) is 0 Å². The van der Waals surface area contributed by atoms with Gasteiger partial charge in [-0.2, -0.15) is 0 Å². The Hall–Kier alpha value is -1.83. The van der Waals surface area contributed by atoms with Gasteiger partial charge >= 0.3 is 0 Å². The SMILES string of the molecule is C=C(NC1=CCCC=N1)c1ccc(CC(C)C)cc1. The van der Waals surface area contributed by atoms with Crippen molar-refractivity contribution in [2.75, 3.05) is 0 Å². The summed E-state index contributed by atoms with van der Waals surface area (Å²) in [6.45, 7) is 8.56. The van der Waals surface area contributed by atoms with Crippen molar-refractivity contribution in [2.45, 2.75) is 33.1 Å². The van der Waals surface area contributed by atoms with Crippen LogP contribution in [0.25, 0.3) is 5.70 Å². The molecule has 1 N–H and O–H groups in total. The minimum Gasteiger partial charge on any atom is -0.341 e. The highest BCUT2D eigenvalue weighted by molar-refractivity contribution is 5.66. The summed E-state index contributed by atoms with van der Waals surface area (Å²) in [5.41, 5.74) is 3.40. The van der Waals surface area contributed by atoms with Gasteiger partial charge in [-0.1, -0.05) is 44.7 Å². The Morgan fingerprint density at radius 3 is 2.58 bits per heavy atom. The standard InChI is InChI=1S/C17H22N2/c1-13(2)12-15-7-9-16(10-8-15)14(3)19-17-6-4-5-11-18-17/h6-11,13,19H,3-5,12H2,1-2H3. The molecule has 1 aromatic rings. The minimum absolute atomic E-state index is 0.689. The molecule has 0 aliphatic carbocycles. The average Bonchev–Trinajstić information content (AvgIpc) is 2.40. The number of rotatable bonds is 5. The molecule has 0 unspecified atom stereocenters. The van der Waals surface area contributed by atoms with E-state index in [4.69, 9.17) is 0 Å². The first-order valence-electron chi connectivity index (χ1n) is 6.93. The van der Waals surface area contributed by atoms with Crippen LogP contribution in [0.5, 0.6) is 0 Å². The Balaban J connectivity index is 1.99. The lowest BCUT2D eigenvalue weighted by atomic mass is 10.0. The number of hydrogen-bond acceptors (Lipinski definition) is 2. The molecule has 0 saturated carbocycles. The van der Waals surface area contributed by atoms with Gasteiger partial charge in [-0.25, -0.2) is 4.99 Å². The fraction of sp³-hybridized carbons (Fsp3) is 0.353. The highest BCUT2D eigenvalue weighted by Crippen LogP contribution is 2.16. The molecule has 0 spiro atoms. The minimum atomic E-state index is 0.689. The molecular weight excluding hydrogens is 232 g/mol. The van der Waals surface area contributed by atoms with Gasteiger partial charge in [-0.15, -0.1) is 0 Å². The first kappa shape index (κ1) is 13.6. The molecule has 2 rings (SSSR count). The van der Waals surface area contributed by atoms with E-state index in [2.05, 4.69) is 61.1 Å². The number of allylic oxidation sites excluding steroid dienone is 1. The van der Waals surface area contributed by atoms with Crippen LogP contribution < -0.4 is 5.32 Å². The molecule has 2 nitrogen and oxygen atoms in total. The van der Waals surface area contributed by atoms with E-state index >= 15 is 0 Å². The van der Waals surface area contributed by atoms with Crippen LogP contribution in [0.15, 0.2) is 47.7 Å². The third-order valence-corrected chi connectivity index (χ3v) is 3.09. The molecule has 0 saturated heterocycles. The van der Waals surface area contributed by atoms with Crippen LogP contribution in [-0.4, -0.2) is 6.21 Å². The van der Waals surface area contributed by atoms with Gasteiger partial charge in [-0.05, 0) is 42.4 Å². The lowest BCUT2D eigenvalue weighted by Gasteiger charge is -2.13. The largest absolute Gasteiger partial charge is 0.341 e. The number of benzene rings is 1. The van der Waals surface area contributed by atoms with Crippen LogP contribution in [-0.2, 0) is 6.42 Å². The zero-order valence-electron chi connectivity index (χ0n) is 11.8. The Morgan fingerprint density at radius 1 is 1.26 bits per heavy atom. The maximum absolute atomic E-state index is 4.32. The van der Waals surface area contributed by atoms with Crippen LogP contribution in [0.1, 0.15) is 37.8 Å². The summed E-state index contributed by atoms with van der Waals surface area (Å²) in [5, 5.41) is 3.26. The van der Waals surface area contributed by atoms with Crippen molar-refractivity contribution in [3.05, 3.63) is 53.9 Å². The summed E-state index contributed by atoms with van der Waals surface area (Å²) >= 11 is 0. The highest BCUT2D eigenvalue weighted by Gasteiger charge is 2.04. The molecule has 0 radical (unpaired) electrons. The Morgan fingerprint density at radius 2 is 2.00 bits per heavy atom. The quantitative estimate of drug-likeness (QED) is 0.838. The fourth-order valence-electron chi connectivity index (χ4n) is 2.13. The van der Waals surface area contributed by atoms with E-state index in [1.54, 1.807) is 0 Å². The molecule has 1 aliphatic rings. The highest BCUT2D eigenvalue weighted by atomic mass is 15.0. The predicted octanol–water partition coefficient (Wildman–Crippen LogP) is 4.15. The molecular formula is C17H22N2. The van der Waals surface area contributed by atoms with E-state index in [1.807, 2.05) is 6.21 Å². The van der Waals surface area contributed by atoms with Crippen molar-refractivity contribution in [1.29, 1.82) is 0 Å². The predicted molar refractivity (Wildman–Crippen MR) is 83.0 cm³/mol. The van der Waals surface area contributed by atoms with E-state index in [0.717, 1.165) is 36.3 Å². The Labute approximate surface area is 116 Å². The molecule has 0 aromatic heterocycles. The molecule has 2 heteroatoms. The van der Waals surface area contributed by atoms with Crippen LogP contribution in [0.3, 0.4) is 0 Å². The topological polar surface area (TPSA) is 24.4 Å². The molecule has 0 amide bonds. The molecule has 19 heavy (non-hydrogen) atoms. The summed E-state index contributed by atoms with van der Waals surface area (Å²) in [6.07, 6.45) is 7.25. The number of nitrogens with one attached hydrogen (secondary N) is 1. The number of nitrogens with zero attached hydrogens (tertiary/aromatic N) is 1. The van der Waals surface area contributed by atoms with Gasteiger partial charge < -0.3 is 5.32 Å². The normalized spacial score (nSPS) is 14.4. The van der Waals surface area contributed by atoms with Gasteiger partial charge in [0.1, 0.15) is 5.82 Å². The second-order valence-corrected chi connectivity index (χ2v) is 5.38. The average molecular weight is 254 g/mol.